The molecular formula is C20H21ClN6O. The summed E-state index contributed by atoms with van der Waals surface area (Å²) in [5, 5.41) is 14.7. The second-order valence-corrected chi connectivity index (χ2v) is 7.33. The number of hydrogen-bond acceptors (Lipinski definition) is 5. The maximum atomic E-state index is 12.7. The van der Waals surface area contributed by atoms with E-state index in [2.05, 4.69) is 25.7 Å². The topological polar surface area (TPSA) is 75.9 Å². The summed E-state index contributed by atoms with van der Waals surface area (Å²) in [6.45, 7) is 3.97. The predicted molar refractivity (Wildman–Crippen MR) is 109 cm³/mol. The van der Waals surface area contributed by atoms with Gasteiger partial charge in [-0.05, 0) is 78.6 Å². The van der Waals surface area contributed by atoms with E-state index in [0.717, 1.165) is 30.0 Å². The second-order valence-electron chi connectivity index (χ2n) is 6.92. The van der Waals surface area contributed by atoms with Crippen molar-refractivity contribution in [2.45, 2.75) is 26.2 Å². The van der Waals surface area contributed by atoms with Gasteiger partial charge in [0, 0.05) is 24.3 Å². The predicted octanol–water partition coefficient (Wildman–Crippen LogP) is 3.87. The molecule has 0 atom stereocenters. The van der Waals surface area contributed by atoms with Gasteiger partial charge >= 0.3 is 0 Å². The number of benzene rings is 2. The Hall–Kier alpha value is -2.93. The molecule has 1 saturated heterocycles. The quantitative estimate of drug-likeness (QED) is 0.724. The van der Waals surface area contributed by atoms with Crippen molar-refractivity contribution in [2.24, 2.45) is 0 Å². The molecule has 28 heavy (non-hydrogen) atoms. The second kappa shape index (κ2) is 7.98. The third-order valence-corrected chi connectivity index (χ3v) is 5.26. The van der Waals surface area contributed by atoms with Crippen LogP contribution >= 0.6 is 11.6 Å². The lowest BCUT2D eigenvalue weighted by molar-refractivity contribution is 0.102. The van der Waals surface area contributed by atoms with E-state index in [1.54, 1.807) is 10.7 Å². The van der Waals surface area contributed by atoms with E-state index in [1.165, 1.54) is 25.6 Å². The SMILES string of the molecule is Cc1cc(C(=O)Nc2ccc(N3CCCCC3)c(Cl)c2)ccc1-n1cnnn1. The minimum Gasteiger partial charge on any atom is -0.370 e. The normalized spacial score (nSPS) is 14.1. The molecule has 2 aromatic carbocycles. The van der Waals surface area contributed by atoms with Gasteiger partial charge in [-0.3, -0.25) is 4.79 Å². The van der Waals surface area contributed by atoms with Crippen LogP contribution in [0.2, 0.25) is 5.02 Å². The number of carbonyl (C=O) groups excluding carboxylic acids is 1. The summed E-state index contributed by atoms with van der Waals surface area (Å²) < 4.78 is 1.57. The highest BCUT2D eigenvalue weighted by atomic mass is 35.5. The molecule has 1 aliphatic heterocycles. The highest BCUT2D eigenvalue weighted by Gasteiger charge is 2.15. The Balaban J connectivity index is 1.49. The van der Waals surface area contributed by atoms with Crippen LogP contribution in [0.3, 0.4) is 0 Å². The van der Waals surface area contributed by atoms with Gasteiger partial charge in [0.2, 0.25) is 0 Å². The molecule has 0 aliphatic carbocycles. The van der Waals surface area contributed by atoms with E-state index in [1.807, 2.05) is 37.3 Å². The first-order chi connectivity index (χ1) is 13.6. The smallest absolute Gasteiger partial charge is 0.255 e. The minimum atomic E-state index is -0.187. The molecular weight excluding hydrogens is 376 g/mol. The molecule has 4 rings (SSSR count). The number of amides is 1. The highest BCUT2D eigenvalue weighted by molar-refractivity contribution is 6.33. The first kappa shape index (κ1) is 18.4. The Morgan fingerprint density at radius 2 is 1.86 bits per heavy atom. The molecule has 1 fully saturated rings. The van der Waals surface area contributed by atoms with Crippen LogP contribution in [-0.2, 0) is 0 Å². The highest BCUT2D eigenvalue weighted by Crippen LogP contribution is 2.31. The zero-order chi connectivity index (χ0) is 19.5. The number of piperidine rings is 1. The summed E-state index contributed by atoms with van der Waals surface area (Å²) in [5.74, 6) is -0.187. The van der Waals surface area contributed by atoms with Crippen LogP contribution in [0.4, 0.5) is 11.4 Å². The number of rotatable bonds is 4. The Kier molecular flexibility index (Phi) is 5.25. The number of aromatic nitrogens is 4. The Labute approximate surface area is 168 Å². The van der Waals surface area contributed by atoms with Gasteiger partial charge < -0.3 is 10.2 Å². The first-order valence-corrected chi connectivity index (χ1v) is 9.69. The maximum absolute atomic E-state index is 12.7. The summed E-state index contributed by atoms with van der Waals surface area (Å²) in [7, 11) is 0. The molecule has 1 aromatic heterocycles. The van der Waals surface area contributed by atoms with Gasteiger partial charge in [-0.15, -0.1) is 5.10 Å². The number of nitrogens with zero attached hydrogens (tertiary/aromatic N) is 5. The number of anilines is 2. The van der Waals surface area contributed by atoms with Crippen molar-refractivity contribution in [2.75, 3.05) is 23.3 Å². The number of carbonyl (C=O) groups is 1. The summed E-state index contributed by atoms with van der Waals surface area (Å²) in [5.41, 5.74) is 4.00. The number of nitrogens with one attached hydrogen (secondary N) is 1. The van der Waals surface area contributed by atoms with E-state index >= 15 is 0 Å². The van der Waals surface area contributed by atoms with Gasteiger partial charge in [0.1, 0.15) is 6.33 Å². The van der Waals surface area contributed by atoms with Crippen LogP contribution in [0.15, 0.2) is 42.7 Å². The maximum Gasteiger partial charge on any atom is 0.255 e. The largest absolute Gasteiger partial charge is 0.370 e. The number of tetrazole rings is 1. The lowest BCUT2D eigenvalue weighted by Gasteiger charge is -2.29. The molecule has 0 saturated carbocycles. The Bertz CT molecular complexity index is 982. The van der Waals surface area contributed by atoms with Crippen LogP contribution in [-0.4, -0.2) is 39.2 Å². The molecule has 0 unspecified atom stereocenters. The molecule has 0 bridgehead atoms. The van der Waals surface area contributed by atoms with E-state index in [-0.39, 0.29) is 5.91 Å². The van der Waals surface area contributed by atoms with Gasteiger partial charge in [-0.1, -0.05) is 11.6 Å². The third kappa shape index (κ3) is 3.84. The minimum absolute atomic E-state index is 0.187. The fourth-order valence-electron chi connectivity index (χ4n) is 3.50. The lowest BCUT2D eigenvalue weighted by Crippen LogP contribution is -2.29. The van der Waals surface area contributed by atoms with Crippen molar-refractivity contribution in [3.63, 3.8) is 0 Å². The average Bonchev–Trinajstić information content (AvgIpc) is 3.23. The first-order valence-electron chi connectivity index (χ1n) is 9.32. The fraction of sp³-hybridized carbons (Fsp3) is 0.300. The molecule has 1 aliphatic rings. The van der Waals surface area contributed by atoms with Crippen molar-refractivity contribution in [3.8, 4) is 5.69 Å². The van der Waals surface area contributed by atoms with Crippen molar-refractivity contribution in [3.05, 3.63) is 58.9 Å². The van der Waals surface area contributed by atoms with E-state index < -0.39 is 0 Å². The molecule has 3 aromatic rings. The van der Waals surface area contributed by atoms with Crippen molar-refractivity contribution >= 4 is 28.9 Å². The van der Waals surface area contributed by atoms with Crippen molar-refractivity contribution in [1.82, 2.24) is 20.2 Å². The van der Waals surface area contributed by atoms with Crippen LogP contribution in [0.1, 0.15) is 35.2 Å². The van der Waals surface area contributed by atoms with Crippen molar-refractivity contribution < 1.29 is 4.79 Å². The average molecular weight is 397 g/mol. The van der Waals surface area contributed by atoms with Gasteiger partial charge in [-0.25, -0.2) is 4.68 Å². The summed E-state index contributed by atoms with van der Waals surface area (Å²) in [6, 6.07) is 11.1. The Morgan fingerprint density at radius 3 is 2.54 bits per heavy atom. The van der Waals surface area contributed by atoms with Crippen LogP contribution in [0.25, 0.3) is 5.69 Å². The van der Waals surface area contributed by atoms with Crippen LogP contribution < -0.4 is 10.2 Å². The van der Waals surface area contributed by atoms with E-state index in [9.17, 15) is 4.79 Å². The van der Waals surface area contributed by atoms with Crippen LogP contribution in [0, 0.1) is 6.92 Å². The molecule has 2 heterocycles. The van der Waals surface area contributed by atoms with Gasteiger partial charge in [0.15, 0.2) is 0 Å². The molecule has 7 nitrogen and oxygen atoms in total. The monoisotopic (exact) mass is 396 g/mol. The standard InChI is InChI=1S/C20H21ClN6O/c1-14-11-15(5-7-18(14)27-13-22-24-25-27)20(28)23-16-6-8-19(17(21)12-16)26-9-3-2-4-10-26/h5-8,11-13H,2-4,9-10H2,1H3,(H,23,28). The van der Waals surface area contributed by atoms with E-state index in [0.29, 0.717) is 16.3 Å². The van der Waals surface area contributed by atoms with Crippen LogP contribution in [0.5, 0.6) is 0 Å². The third-order valence-electron chi connectivity index (χ3n) is 4.96. The lowest BCUT2D eigenvalue weighted by atomic mass is 10.1. The number of aryl methyl sites for hydroxylation is 1. The summed E-state index contributed by atoms with van der Waals surface area (Å²) in [6.07, 6.45) is 5.17. The van der Waals surface area contributed by atoms with Gasteiger partial charge in [0.05, 0.1) is 16.4 Å². The number of hydrogen-bond donors (Lipinski definition) is 1. The van der Waals surface area contributed by atoms with Gasteiger partial charge in [-0.2, -0.15) is 0 Å². The van der Waals surface area contributed by atoms with Gasteiger partial charge in [0.25, 0.3) is 5.91 Å². The Morgan fingerprint density at radius 1 is 1.07 bits per heavy atom. The molecule has 1 amide bonds. The molecule has 144 valence electrons. The zero-order valence-corrected chi connectivity index (χ0v) is 16.4. The molecule has 1 N–H and O–H groups in total. The summed E-state index contributed by atoms with van der Waals surface area (Å²) in [4.78, 5) is 15.0. The molecule has 0 radical (unpaired) electrons. The zero-order valence-electron chi connectivity index (χ0n) is 15.6. The molecule has 0 spiro atoms. The van der Waals surface area contributed by atoms with Crippen molar-refractivity contribution in [1.29, 1.82) is 0 Å². The molecule has 8 heteroatoms. The fourth-order valence-corrected chi connectivity index (χ4v) is 3.80. The number of halogens is 1. The summed E-state index contributed by atoms with van der Waals surface area (Å²) >= 11 is 6.48. The van der Waals surface area contributed by atoms with E-state index in [4.69, 9.17) is 11.6 Å².